The summed E-state index contributed by atoms with van der Waals surface area (Å²) in [4.78, 5) is 64.1. The van der Waals surface area contributed by atoms with Crippen molar-refractivity contribution in [3.63, 3.8) is 0 Å². The molecule has 0 aliphatic rings. The summed E-state index contributed by atoms with van der Waals surface area (Å²) in [7, 11) is -8.92. The predicted molar refractivity (Wildman–Crippen MR) is 437 cm³/mol. The second-order valence-electron chi connectivity index (χ2n) is 25.3. The van der Waals surface area contributed by atoms with E-state index in [4.69, 9.17) is 5.73 Å². The standard InChI is InChI=1S/C22H16N4O3.C22H17N3O5S.C21H14BrN3O2.C21H15N3O5S.Na/c23-19(29)13-9-11-14(12-10-13)20-24-21(15-5-1-3-7-17(15)27)26-22(25-20)16-6-2-4-8-18(16)28;1-13-6-11-17(19(27)12-13)22-24-20(14-7-9-15(10-8-14)31(28,29)30)23-21(25-22)16-4-2-3-5-18(16)26;22-14-11-9-13(10-12-14)19-23-20(15-5-1-3-7-17(15)26)25-21(24-19)16-6-2-4-8-18(16)27;25-17-7-3-1-5-15(17)20-22-19(13-9-11-14(12-10-13)30(27,28)29)23-21(24-20)16-6-2-4-8-18(16)26;/h1-12,27-28H,(H2,23,29);2-12,26-27H,1H3,(H,28,29,30);1-12,26-27H;1-12,25-26H,(H,27,28,29);/q;;;;+1/p-1. The minimum atomic E-state index is -4.59. The molecule has 4 heterocycles. The molecule has 0 aliphatic heterocycles. The second-order valence-corrected chi connectivity index (χ2v) is 29.0. The number of phenols is 8. The van der Waals surface area contributed by atoms with Crippen LogP contribution >= 0.6 is 15.9 Å². The van der Waals surface area contributed by atoms with E-state index in [2.05, 4.69) is 75.7 Å². The van der Waals surface area contributed by atoms with Gasteiger partial charge < -0.3 is 51.1 Å². The number of nitrogens with zero attached hydrogens (tertiary/aromatic N) is 12. The molecule has 0 saturated heterocycles. The Bertz CT molecular complexity index is 6460. The van der Waals surface area contributed by atoms with E-state index in [1.54, 1.807) is 194 Å². The number of para-hydroxylation sites is 7. The van der Waals surface area contributed by atoms with Gasteiger partial charge in [0.25, 0.3) is 10.1 Å². The van der Waals surface area contributed by atoms with Crippen LogP contribution in [0.2, 0.25) is 0 Å². The average molecular weight is 1680 g/mol. The van der Waals surface area contributed by atoms with E-state index in [0.29, 0.717) is 90.1 Å². The normalized spacial score (nSPS) is 10.9. The van der Waals surface area contributed by atoms with Crippen LogP contribution in [0.3, 0.4) is 0 Å². The smallest absolute Gasteiger partial charge is 0.744 e. The number of hydrogen-bond acceptors (Lipinski definition) is 26. The fourth-order valence-corrected chi connectivity index (χ4v) is 12.6. The van der Waals surface area contributed by atoms with Crippen LogP contribution in [0.4, 0.5) is 0 Å². The molecule has 12 aromatic carbocycles. The number of halogens is 1. The molecule has 0 spiro atoms. The van der Waals surface area contributed by atoms with Crippen LogP contribution in [0, 0.1) is 6.92 Å². The third kappa shape index (κ3) is 20.0. The maximum atomic E-state index is 11.3. The zero-order chi connectivity index (χ0) is 82.7. The number of nitrogens with two attached hydrogens (primary N) is 1. The second kappa shape index (κ2) is 36.6. The molecule has 28 nitrogen and oxygen atoms in total. The van der Waals surface area contributed by atoms with E-state index in [1.165, 1.54) is 66.7 Å². The van der Waals surface area contributed by atoms with Crippen LogP contribution in [0.25, 0.3) is 137 Å². The van der Waals surface area contributed by atoms with Crippen molar-refractivity contribution in [2.45, 2.75) is 16.7 Å². The van der Waals surface area contributed by atoms with Crippen molar-refractivity contribution >= 4 is 42.1 Å². The van der Waals surface area contributed by atoms with E-state index >= 15 is 0 Å². The van der Waals surface area contributed by atoms with Crippen molar-refractivity contribution in [1.82, 2.24) is 59.8 Å². The first-order valence-corrected chi connectivity index (χ1v) is 38.5. The summed E-state index contributed by atoms with van der Waals surface area (Å²) in [5.41, 5.74) is 12.2. The number of amides is 1. The maximum absolute atomic E-state index is 11.3. The van der Waals surface area contributed by atoms with E-state index in [9.17, 15) is 71.6 Å². The fraction of sp³-hybridized carbons (Fsp3) is 0.0116. The van der Waals surface area contributed by atoms with Crippen molar-refractivity contribution in [1.29, 1.82) is 0 Å². The van der Waals surface area contributed by atoms with Gasteiger partial charge in [-0.05, 0) is 182 Å². The molecule has 118 heavy (non-hydrogen) atoms. The quantitative estimate of drug-likeness (QED) is 0.0336. The van der Waals surface area contributed by atoms with E-state index < -0.39 is 26.1 Å². The topological polar surface area (TPSA) is 471 Å². The van der Waals surface area contributed by atoms with E-state index in [1.807, 2.05) is 31.2 Å². The number of aromatic hydroxyl groups is 8. The SMILES string of the molecule is Cc1ccc(-c2nc(-c3ccc(S(=O)(=O)[O-])cc3)nc(-c3ccccc3O)n2)c(O)c1.NC(=O)c1ccc(-c2nc(-c3ccccc3O)nc(-c3ccccc3O)n2)cc1.O=S(=O)(O)c1ccc(-c2nc(-c3ccccc3O)nc(-c3ccccc3O)n2)cc1.Oc1ccccc1-c1nc(-c2ccc(Br)cc2)nc(-c2ccccc2O)n1.[Na+]. The molecule has 0 unspecified atom stereocenters. The van der Waals surface area contributed by atoms with Gasteiger partial charge in [0.15, 0.2) is 69.9 Å². The van der Waals surface area contributed by atoms with Crippen LogP contribution in [-0.2, 0) is 20.2 Å². The number of carbonyl (C=O) groups excluding carboxylic acids is 1. The average Bonchev–Trinajstić information content (AvgIpc) is 0.801. The van der Waals surface area contributed by atoms with Gasteiger partial charge in [-0.3, -0.25) is 9.35 Å². The summed E-state index contributed by atoms with van der Waals surface area (Å²) in [5.74, 6) is 2.58. The van der Waals surface area contributed by atoms with E-state index in [0.717, 1.165) is 15.6 Å². The number of aryl methyl sites for hydroxylation is 1. The number of primary amides is 1. The number of rotatable bonds is 15. The zero-order valence-corrected chi connectivity index (χ0v) is 67.0. The Hall–Kier alpha value is -14.2. The molecule has 580 valence electrons. The summed E-state index contributed by atoms with van der Waals surface area (Å²) in [6, 6.07) is 76.4. The summed E-state index contributed by atoms with van der Waals surface area (Å²) < 4.78 is 66.3. The van der Waals surface area contributed by atoms with Crippen LogP contribution in [0.5, 0.6) is 46.0 Å². The molecule has 0 fully saturated rings. The Labute approximate surface area is 703 Å². The number of carbonyl (C=O) groups is 1. The van der Waals surface area contributed by atoms with E-state index in [-0.39, 0.29) is 132 Å². The van der Waals surface area contributed by atoms with Gasteiger partial charge >= 0.3 is 29.6 Å². The van der Waals surface area contributed by atoms with Crippen LogP contribution in [-0.4, -0.2) is 133 Å². The number of hydrogen-bond donors (Lipinski definition) is 10. The van der Waals surface area contributed by atoms with Gasteiger partial charge in [0.05, 0.1) is 54.3 Å². The third-order valence-electron chi connectivity index (χ3n) is 17.3. The van der Waals surface area contributed by atoms with Crippen molar-refractivity contribution in [3.05, 3.63) is 301 Å². The minimum absolute atomic E-state index is 0. The Balaban J connectivity index is 0.000000144. The molecular weight excluding hydrogens is 1620 g/mol. The van der Waals surface area contributed by atoms with Gasteiger partial charge in [-0.25, -0.2) is 68.2 Å². The molecule has 0 aliphatic carbocycles. The van der Waals surface area contributed by atoms with Crippen LogP contribution < -0.4 is 35.3 Å². The maximum Gasteiger partial charge on any atom is 1.00 e. The van der Waals surface area contributed by atoms with Crippen molar-refractivity contribution in [2.75, 3.05) is 0 Å². The summed E-state index contributed by atoms with van der Waals surface area (Å²) in [5, 5.41) is 82.0. The summed E-state index contributed by atoms with van der Waals surface area (Å²) >= 11 is 3.42. The van der Waals surface area contributed by atoms with Crippen molar-refractivity contribution in [3.8, 4) is 183 Å². The van der Waals surface area contributed by atoms with Gasteiger partial charge in [-0.1, -0.05) is 131 Å². The van der Waals surface area contributed by atoms with Gasteiger partial charge in [-0.2, -0.15) is 8.42 Å². The van der Waals surface area contributed by atoms with Gasteiger partial charge in [0.2, 0.25) is 5.91 Å². The van der Waals surface area contributed by atoms with Gasteiger partial charge in [-0.15, -0.1) is 0 Å². The molecule has 0 radical (unpaired) electrons. The van der Waals surface area contributed by atoms with Crippen LogP contribution in [0.1, 0.15) is 15.9 Å². The molecule has 1 amide bonds. The largest absolute Gasteiger partial charge is 1.00 e. The molecule has 4 aromatic heterocycles. The molecule has 16 rings (SSSR count). The number of phenolic OH excluding ortho intramolecular Hbond substituents is 8. The first-order chi connectivity index (χ1) is 56.2. The third-order valence-corrected chi connectivity index (χ3v) is 19.5. The Morgan fingerprint density at radius 2 is 0.508 bits per heavy atom. The molecule has 0 bridgehead atoms. The molecule has 11 N–H and O–H groups in total. The molecule has 32 heteroatoms. The Morgan fingerprint density at radius 3 is 0.729 bits per heavy atom. The zero-order valence-electron chi connectivity index (χ0n) is 61.7. The van der Waals surface area contributed by atoms with Crippen molar-refractivity contribution < 1.29 is 101 Å². The molecular formula is C86H61BrN13NaO15S2. The number of benzene rings is 12. The molecule has 0 atom stereocenters. The van der Waals surface area contributed by atoms with Gasteiger partial charge in [0.1, 0.15) is 56.1 Å². The predicted octanol–water partition coefficient (Wildman–Crippen LogP) is 12.5. The minimum Gasteiger partial charge on any atom is -0.744 e. The van der Waals surface area contributed by atoms with Crippen molar-refractivity contribution in [2.24, 2.45) is 5.73 Å². The first-order valence-electron chi connectivity index (χ1n) is 34.8. The van der Waals surface area contributed by atoms with Gasteiger partial charge in [0, 0.05) is 32.3 Å². The molecule has 16 aromatic rings. The number of aromatic nitrogens is 12. The van der Waals surface area contributed by atoms with Crippen LogP contribution in [0.15, 0.2) is 299 Å². The first kappa shape index (κ1) is 83.3. The molecule has 0 saturated carbocycles. The Morgan fingerprint density at radius 1 is 0.297 bits per heavy atom. The monoisotopic (exact) mass is 1680 g/mol. The summed E-state index contributed by atoms with van der Waals surface area (Å²) in [6.07, 6.45) is 0. The Kier molecular flexibility index (Phi) is 25.8. The fourth-order valence-electron chi connectivity index (χ4n) is 11.4. The summed E-state index contributed by atoms with van der Waals surface area (Å²) in [6.45, 7) is 1.83.